The first-order valence-electron chi connectivity index (χ1n) is 12.1. The number of pyridine rings is 1. The number of carbonyl (C=O) groups is 1. The van der Waals surface area contributed by atoms with Gasteiger partial charge in [-0.2, -0.15) is 4.31 Å². The van der Waals surface area contributed by atoms with Crippen molar-refractivity contribution in [3.05, 3.63) is 60.7 Å². The Bertz CT molecular complexity index is 1330. The second-order valence-corrected chi connectivity index (χ2v) is 11.1. The minimum absolute atomic E-state index is 0.135. The lowest BCUT2D eigenvalue weighted by Crippen LogP contribution is -2.41. The van der Waals surface area contributed by atoms with Crippen LogP contribution in [0.1, 0.15) is 32.1 Å². The number of sulfonamides is 1. The van der Waals surface area contributed by atoms with Crippen molar-refractivity contribution in [3.63, 3.8) is 0 Å². The summed E-state index contributed by atoms with van der Waals surface area (Å²) in [7, 11) is -3.93. The Morgan fingerprint density at radius 3 is 2.43 bits per heavy atom. The van der Waals surface area contributed by atoms with Crippen LogP contribution < -0.4 is 10.2 Å². The number of nitrogens with one attached hydrogen (secondary N) is 1. The lowest BCUT2D eigenvalue weighted by Gasteiger charge is -2.31. The molecule has 5 rings (SSSR count). The van der Waals surface area contributed by atoms with Gasteiger partial charge in [-0.05, 0) is 62.4 Å². The average Bonchev–Trinajstić information content (AvgIpc) is 2.89. The van der Waals surface area contributed by atoms with Crippen LogP contribution in [0.5, 0.6) is 0 Å². The van der Waals surface area contributed by atoms with Crippen molar-refractivity contribution in [1.82, 2.24) is 9.29 Å². The predicted octanol–water partition coefficient (Wildman–Crippen LogP) is 4.40. The van der Waals surface area contributed by atoms with Crippen molar-refractivity contribution in [2.45, 2.75) is 37.0 Å². The highest BCUT2D eigenvalue weighted by Crippen LogP contribution is 2.34. The monoisotopic (exact) mass is 496 g/mol. The molecule has 2 saturated heterocycles. The molecule has 0 atom stereocenters. The first-order valence-corrected chi connectivity index (χ1v) is 13.6. The Morgan fingerprint density at radius 2 is 1.69 bits per heavy atom. The van der Waals surface area contributed by atoms with Gasteiger partial charge in [0.15, 0.2) is 0 Å². The number of hydrogen-bond acceptors (Lipinski definition) is 5. The van der Waals surface area contributed by atoms with E-state index in [4.69, 9.17) is 0 Å². The van der Waals surface area contributed by atoms with E-state index in [-0.39, 0.29) is 29.8 Å². The SMILES string of the molecule is O=C(Nc1ccc(N2CCCCC2)c2ccncc12)C1CCN(S(=O)(=O)c2ccccc2F)CC1. The van der Waals surface area contributed by atoms with Crippen LogP contribution in [-0.2, 0) is 14.8 Å². The molecule has 2 fully saturated rings. The van der Waals surface area contributed by atoms with Gasteiger partial charge in [0.1, 0.15) is 10.7 Å². The largest absolute Gasteiger partial charge is 0.371 e. The van der Waals surface area contributed by atoms with E-state index in [9.17, 15) is 17.6 Å². The molecule has 3 aromatic rings. The summed E-state index contributed by atoms with van der Waals surface area (Å²) in [4.78, 5) is 19.5. The third-order valence-corrected chi connectivity index (χ3v) is 8.96. The highest BCUT2D eigenvalue weighted by Gasteiger charge is 2.33. The van der Waals surface area contributed by atoms with Crippen molar-refractivity contribution in [2.75, 3.05) is 36.4 Å². The molecule has 1 amide bonds. The van der Waals surface area contributed by atoms with Gasteiger partial charge in [-0.15, -0.1) is 0 Å². The number of aromatic nitrogens is 1. The fourth-order valence-electron chi connectivity index (χ4n) is 5.08. The standard InChI is InChI=1S/C26H29FN4O3S/c27-22-6-2-3-7-25(22)35(33,34)31-16-11-19(12-17-31)26(32)29-23-8-9-24(30-14-4-1-5-15-30)20-10-13-28-18-21(20)23/h2-3,6-10,13,18-19H,1,4-5,11-12,14-17H2,(H,29,32). The second-order valence-electron chi connectivity index (χ2n) is 9.20. The number of anilines is 2. The summed E-state index contributed by atoms with van der Waals surface area (Å²) < 4.78 is 41.1. The van der Waals surface area contributed by atoms with Crippen LogP contribution in [0.2, 0.25) is 0 Å². The summed E-state index contributed by atoms with van der Waals surface area (Å²) in [5, 5.41) is 5.01. The van der Waals surface area contributed by atoms with Crippen LogP contribution in [-0.4, -0.2) is 49.8 Å². The Kier molecular flexibility index (Phi) is 6.71. The fraction of sp³-hybridized carbons (Fsp3) is 0.385. The topological polar surface area (TPSA) is 82.6 Å². The second kappa shape index (κ2) is 9.91. The van der Waals surface area contributed by atoms with Crippen molar-refractivity contribution in [3.8, 4) is 0 Å². The van der Waals surface area contributed by atoms with Crippen LogP contribution in [0, 0.1) is 11.7 Å². The normalized spacial score (nSPS) is 18.0. The Hall–Kier alpha value is -3.04. The summed E-state index contributed by atoms with van der Waals surface area (Å²) in [6, 6.07) is 11.4. The minimum atomic E-state index is -3.93. The van der Waals surface area contributed by atoms with Gasteiger partial charge in [0.05, 0.1) is 5.69 Å². The van der Waals surface area contributed by atoms with Crippen LogP contribution in [0.4, 0.5) is 15.8 Å². The van der Waals surface area contributed by atoms with Crippen molar-refractivity contribution in [2.24, 2.45) is 5.92 Å². The molecule has 1 N–H and O–H groups in total. The molecule has 2 aromatic carbocycles. The van der Waals surface area contributed by atoms with E-state index >= 15 is 0 Å². The maximum absolute atomic E-state index is 14.1. The number of piperidine rings is 2. The molecule has 2 aliphatic heterocycles. The number of rotatable bonds is 5. The molecular formula is C26H29FN4O3S. The molecule has 0 radical (unpaired) electrons. The van der Waals surface area contributed by atoms with Crippen molar-refractivity contribution in [1.29, 1.82) is 0 Å². The number of halogens is 1. The van der Waals surface area contributed by atoms with E-state index in [2.05, 4.69) is 21.3 Å². The Balaban J connectivity index is 1.29. The van der Waals surface area contributed by atoms with Crippen molar-refractivity contribution < 1.29 is 17.6 Å². The molecule has 0 aliphatic carbocycles. The molecule has 184 valence electrons. The predicted molar refractivity (Wildman–Crippen MR) is 134 cm³/mol. The zero-order chi connectivity index (χ0) is 24.4. The summed E-state index contributed by atoms with van der Waals surface area (Å²) in [6.45, 7) is 2.39. The molecule has 0 unspecified atom stereocenters. The zero-order valence-corrected chi connectivity index (χ0v) is 20.3. The first kappa shape index (κ1) is 23.7. The third-order valence-electron chi connectivity index (χ3n) is 7.03. The van der Waals surface area contributed by atoms with Gasteiger partial charge in [0.25, 0.3) is 0 Å². The third kappa shape index (κ3) is 4.75. The molecule has 0 spiro atoms. The highest BCUT2D eigenvalue weighted by molar-refractivity contribution is 7.89. The van der Waals surface area contributed by atoms with E-state index < -0.39 is 15.8 Å². The molecular weight excluding hydrogens is 467 g/mol. The van der Waals surface area contributed by atoms with E-state index in [0.29, 0.717) is 18.5 Å². The number of benzene rings is 2. The van der Waals surface area contributed by atoms with Gasteiger partial charge in [-0.1, -0.05) is 12.1 Å². The lowest BCUT2D eigenvalue weighted by atomic mass is 9.97. The quantitative estimate of drug-likeness (QED) is 0.566. The molecule has 35 heavy (non-hydrogen) atoms. The average molecular weight is 497 g/mol. The smallest absolute Gasteiger partial charge is 0.245 e. The highest BCUT2D eigenvalue weighted by atomic mass is 32.2. The molecule has 2 aliphatic rings. The summed E-state index contributed by atoms with van der Waals surface area (Å²) in [6.07, 6.45) is 7.91. The maximum atomic E-state index is 14.1. The number of fused-ring (bicyclic) bond motifs is 1. The fourth-order valence-corrected chi connectivity index (χ4v) is 6.61. The molecule has 7 nitrogen and oxygen atoms in total. The van der Waals surface area contributed by atoms with Gasteiger partial charge in [-0.3, -0.25) is 9.78 Å². The van der Waals surface area contributed by atoms with E-state index in [1.165, 1.54) is 41.8 Å². The van der Waals surface area contributed by atoms with Crippen LogP contribution in [0.25, 0.3) is 10.8 Å². The van der Waals surface area contributed by atoms with Crippen LogP contribution in [0.3, 0.4) is 0 Å². The molecule has 9 heteroatoms. The van der Waals surface area contributed by atoms with E-state index in [1.807, 2.05) is 12.1 Å². The van der Waals surface area contributed by atoms with Crippen molar-refractivity contribution >= 4 is 38.1 Å². The van der Waals surface area contributed by atoms with Crippen LogP contribution in [0.15, 0.2) is 59.8 Å². The summed E-state index contributed by atoms with van der Waals surface area (Å²) >= 11 is 0. The number of nitrogens with zero attached hydrogens (tertiary/aromatic N) is 3. The summed E-state index contributed by atoms with van der Waals surface area (Å²) in [5.74, 6) is -1.22. The maximum Gasteiger partial charge on any atom is 0.245 e. The van der Waals surface area contributed by atoms with E-state index in [1.54, 1.807) is 12.4 Å². The zero-order valence-electron chi connectivity index (χ0n) is 19.5. The minimum Gasteiger partial charge on any atom is -0.371 e. The van der Waals surface area contributed by atoms with E-state index in [0.717, 1.165) is 35.6 Å². The number of hydrogen-bond donors (Lipinski definition) is 1. The van der Waals surface area contributed by atoms with Gasteiger partial charge in [-0.25, -0.2) is 12.8 Å². The Labute approximate surface area is 205 Å². The Morgan fingerprint density at radius 1 is 0.943 bits per heavy atom. The summed E-state index contributed by atoms with van der Waals surface area (Å²) in [5.41, 5.74) is 1.87. The number of amides is 1. The molecule has 0 saturated carbocycles. The molecule has 1 aromatic heterocycles. The lowest BCUT2D eigenvalue weighted by molar-refractivity contribution is -0.120. The van der Waals surface area contributed by atoms with Gasteiger partial charge in [0, 0.05) is 61.0 Å². The molecule has 0 bridgehead atoms. The first-order chi connectivity index (χ1) is 16.9. The van der Waals surface area contributed by atoms with Crippen LogP contribution >= 0.6 is 0 Å². The molecule has 3 heterocycles. The number of carbonyl (C=O) groups excluding carboxylic acids is 1. The van der Waals surface area contributed by atoms with Gasteiger partial charge < -0.3 is 10.2 Å². The van der Waals surface area contributed by atoms with Gasteiger partial charge >= 0.3 is 0 Å². The van der Waals surface area contributed by atoms with Gasteiger partial charge in [0.2, 0.25) is 15.9 Å².